The van der Waals surface area contributed by atoms with Gasteiger partial charge in [-0.1, -0.05) is 15.9 Å². The average Bonchev–Trinajstić information content (AvgIpc) is 2.68. The number of rotatable bonds is 1. The van der Waals surface area contributed by atoms with Crippen molar-refractivity contribution < 1.29 is 4.74 Å². The molecule has 0 aromatic carbocycles. The lowest BCUT2D eigenvalue weighted by molar-refractivity contribution is 0.411. The maximum atomic E-state index is 5.07. The summed E-state index contributed by atoms with van der Waals surface area (Å²) in [5, 5.41) is 0. The van der Waals surface area contributed by atoms with Gasteiger partial charge in [0.1, 0.15) is 6.10 Å². The zero-order chi connectivity index (χ0) is 6.97. The molecule has 3 heteroatoms. The Labute approximate surface area is 67.4 Å². The van der Waals surface area contributed by atoms with Gasteiger partial charge in [0.15, 0.2) is 0 Å². The maximum Gasteiger partial charge on any atom is 0.123 e. The molecule has 0 radical (unpaired) electrons. The first-order chi connectivity index (χ1) is 4.86. The molecule has 0 spiro atoms. The standard InChI is InChI=1S/C7H6BrNO/c8-5-1-2-9-6(3-5)7-4-10-7/h1-3,7H,4H2/t7-/m0/s1. The maximum absolute atomic E-state index is 5.07. The Bertz CT molecular complexity index is 247. The van der Waals surface area contributed by atoms with Crippen molar-refractivity contribution in [3.05, 3.63) is 28.5 Å². The van der Waals surface area contributed by atoms with Crippen LogP contribution in [-0.4, -0.2) is 11.6 Å². The third kappa shape index (κ3) is 1.20. The minimum absolute atomic E-state index is 0.262. The molecule has 0 unspecified atom stereocenters. The molecule has 0 aliphatic carbocycles. The number of aromatic nitrogens is 1. The van der Waals surface area contributed by atoms with Crippen molar-refractivity contribution in [2.45, 2.75) is 6.10 Å². The van der Waals surface area contributed by atoms with E-state index in [1.165, 1.54) is 0 Å². The van der Waals surface area contributed by atoms with Gasteiger partial charge in [0.2, 0.25) is 0 Å². The molecule has 1 aliphatic heterocycles. The lowest BCUT2D eigenvalue weighted by Crippen LogP contribution is -1.84. The number of pyridine rings is 1. The second-order valence-corrected chi connectivity index (χ2v) is 3.14. The van der Waals surface area contributed by atoms with Gasteiger partial charge < -0.3 is 4.74 Å². The van der Waals surface area contributed by atoms with Crippen molar-refractivity contribution >= 4 is 15.9 Å². The van der Waals surface area contributed by atoms with Crippen molar-refractivity contribution in [3.8, 4) is 0 Å². The van der Waals surface area contributed by atoms with Gasteiger partial charge in [-0.2, -0.15) is 0 Å². The number of ether oxygens (including phenoxy) is 1. The Balaban J connectivity index is 2.32. The van der Waals surface area contributed by atoms with Crippen molar-refractivity contribution in [3.63, 3.8) is 0 Å². The second kappa shape index (κ2) is 2.32. The molecule has 2 nitrogen and oxygen atoms in total. The second-order valence-electron chi connectivity index (χ2n) is 2.22. The van der Waals surface area contributed by atoms with Crippen LogP contribution in [0, 0.1) is 0 Å². The van der Waals surface area contributed by atoms with Gasteiger partial charge in [-0.15, -0.1) is 0 Å². The molecule has 0 N–H and O–H groups in total. The van der Waals surface area contributed by atoms with Gasteiger partial charge in [0.05, 0.1) is 12.3 Å². The smallest absolute Gasteiger partial charge is 0.123 e. The van der Waals surface area contributed by atoms with Crippen LogP contribution in [0.3, 0.4) is 0 Å². The predicted octanol–water partition coefficient (Wildman–Crippen LogP) is 1.92. The summed E-state index contributed by atoms with van der Waals surface area (Å²) in [4.78, 5) is 4.15. The van der Waals surface area contributed by atoms with Crippen LogP contribution in [0.15, 0.2) is 22.8 Å². The Morgan fingerprint density at radius 1 is 1.70 bits per heavy atom. The van der Waals surface area contributed by atoms with E-state index in [4.69, 9.17) is 4.74 Å². The van der Waals surface area contributed by atoms with Gasteiger partial charge in [-0.25, -0.2) is 0 Å². The summed E-state index contributed by atoms with van der Waals surface area (Å²) in [5.74, 6) is 0. The van der Waals surface area contributed by atoms with E-state index in [0.717, 1.165) is 16.8 Å². The summed E-state index contributed by atoms with van der Waals surface area (Å²) in [6.07, 6.45) is 2.04. The van der Waals surface area contributed by atoms with Crippen molar-refractivity contribution in [2.24, 2.45) is 0 Å². The van der Waals surface area contributed by atoms with Crippen LogP contribution < -0.4 is 0 Å². The Morgan fingerprint density at radius 3 is 3.10 bits per heavy atom. The van der Waals surface area contributed by atoms with Crippen molar-refractivity contribution in [1.82, 2.24) is 4.98 Å². The zero-order valence-electron chi connectivity index (χ0n) is 5.25. The molecular formula is C7H6BrNO. The van der Waals surface area contributed by atoms with E-state index in [-0.39, 0.29) is 6.10 Å². The number of hydrogen-bond donors (Lipinski definition) is 0. The lowest BCUT2D eigenvalue weighted by atomic mass is 10.3. The van der Waals surface area contributed by atoms with Crippen molar-refractivity contribution in [2.75, 3.05) is 6.61 Å². The molecule has 0 saturated carbocycles. The SMILES string of the molecule is Brc1ccnc([C@@H]2CO2)c1. The first kappa shape index (κ1) is 6.31. The van der Waals surface area contributed by atoms with E-state index in [1.54, 1.807) is 6.20 Å². The molecule has 1 aromatic heterocycles. The largest absolute Gasteiger partial charge is 0.366 e. The van der Waals surface area contributed by atoms with Crippen LogP contribution in [0.5, 0.6) is 0 Å². The normalized spacial score (nSPS) is 22.7. The van der Waals surface area contributed by atoms with Gasteiger partial charge in [-0.3, -0.25) is 4.98 Å². The molecule has 1 saturated heterocycles. The zero-order valence-corrected chi connectivity index (χ0v) is 6.84. The summed E-state index contributed by atoms with van der Waals surface area (Å²) in [7, 11) is 0. The highest BCUT2D eigenvalue weighted by Crippen LogP contribution is 2.28. The van der Waals surface area contributed by atoms with Crippen LogP contribution >= 0.6 is 15.9 Å². The van der Waals surface area contributed by atoms with E-state index < -0.39 is 0 Å². The molecule has 2 rings (SSSR count). The number of epoxide rings is 1. The molecular weight excluding hydrogens is 194 g/mol. The van der Waals surface area contributed by atoms with E-state index in [0.29, 0.717) is 0 Å². The monoisotopic (exact) mass is 199 g/mol. The van der Waals surface area contributed by atoms with Crippen LogP contribution in [-0.2, 0) is 4.74 Å². The molecule has 0 bridgehead atoms. The number of hydrogen-bond acceptors (Lipinski definition) is 2. The fourth-order valence-corrected chi connectivity index (χ4v) is 1.17. The highest BCUT2D eigenvalue weighted by Gasteiger charge is 2.25. The quantitative estimate of drug-likeness (QED) is 0.647. The first-order valence-corrected chi connectivity index (χ1v) is 3.88. The van der Waals surface area contributed by atoms with Gasteiger partial charge >= 0.3 is 0 Å². The fourth-order valence-electron chi connectivity index (χ4n) is 0.816. The summed E-state index contributed by atoms with van der Waals surface area (Å²) in [6, 6.07) is 3.89. The van der Waals surface area contributed by atoms with Gasteiger partial charge in [-0.05, 0) is 12.1 Å². The average molecular weight is 200 g/mol. The van der Waals surface area contributed by atoms with E-state index >= 15 is 0 Å². The Kier molecular flexibility index (Phi) is 1.47. The molecule has 2 heterocycles. The van der Waals surface area contributed by atoms with Crippen LogP contribution in [0.1, 0.15) is 11.8 Å². The van der Waals surface area contributed by atoms with E-state index in [2.05, 4.69) is 20.9 Å². The molecule has 10 heavy (non-hydrogen) atoms. The highest BCUT2D eigenvalue weighted by molar-refractivity contribution is 9.10. The minimum Gasteiger partial charge on any atom is -0.366 e. The number of nitrogens with zero attached hydrogens (tertiary/aromatic N) is 1. The predicted molar refractivity (Wildman–Crippen MR) is 40.6 cm³/mol. The van der Waals surface area contributed by atoms with E-state index in [1.807, 2.05) is 12.1 Å². The molecule has 1 atom stereocenters. The lowest BCUT2D eigenvalue weighted by Gasteiger charge is -1.93. The number of halogens is 1. The molecule has 52 valence electrons. The van der Waals surface area contributed by atoms with Gasteiger partial charge in [0.25, 0.3) is 0 Å². The minimum atomic E-state index is 0.262. The summed E-state index contributed by atoms with van der Waals surface area (Å²) >= 11 is 3.36. The molecule has 1 fully saturated rings. The van der Waals surface area contributed by atoms with E-state index in [9.17, 15) is 0 Å². The summed E-state index contributed by atoms with van der Waals surface area (Å²) < 4.78 is 6.13. The fraction of sp³-hybridized carbons (Fsp3) is 0.286. The third-order valence-corrected chi connectivity index (χ3v) is 1.90. The Morgan fingerprint density at radius 2 is 2.50 bits per heavy atom. The summed E-state index contributed by atoms with van der Waals surface area (Å²) in [6.45, 7) is 0.823. The van der Waals surface area contributed by atoms with Crippen LogP contribution in [0.25, 0.3) is 0 Å². The summed E-state index contributed by atoms with van der Waals surface area (Å²) in [5.41, 5.74) is 1.02. The third-order valence-electron chi connectivity index (χ3n) is 1.41. The van der Waals surface area contributed by atoms with Gasteiger partial charge in [0, 0.05) is 10.7 Å². The molecule has 0 amide bonds. The topological polar surface area (TPSA) is 25.4 Å². The Hall–Kier alpha value is -0.410. The molecule has 1 aromatic rings. The van der Waals surface area contributed by atoms with Crippen LogP contribution in [0.4, 0.5) is 0 Å². The highest BCUT2D eigenvalue weighted by atomic mass is 79.9. The molecule has 1 aliphatic rings. The van der Waals surface area contributed by atoms with Crippen molar-refractivity contribution in [1.29, 1.82) is 0 Å². The first-order valence-electron chi connectivity index (χ1n) is 3.09. The van der Waals surface area contributed by atoms with Crippen LogP contribution in [0.2, 0.25) is 0 Å².